The van der Waals surface area contributed by atoms with Gasteiger partial charge in [0.1, 0.15) is 5.76 Å². The Morgan fingerprint density at radius 1 is 1.04 bits per heavy atom. The van der Waals surface area contributed by atoms with Crippen LogP contribution in [0.15, 0.2) is 47.1 Å². The number of anilines is 1. The summed E-state index contributed by atoms with van der Waals surface area (Å²) in [5.41, 5.74) is 1.03. The molecule has 1 saturated carbocycles. The molecule has 1 aromatic heterocycles. The Bertz CT molecular complexity index is 688. The minimum Gasteiger partial charge on any atom is -0.467 e. The summed E-state index contributed by atoms with van der Waals surface area (Å²) in [7, 11) is 0. The molecule has 0 radical (unpaired) electrons. The lowest BCUT2D eigenvalue weighted by molar-refractivity contribution is -0.120. The largest absolute Gasteiger partial charge is 0.467 e. The highest BCUT2D eigenvalue weighted by molar-refractivity contribution is 6.04. The smallest absolute Gasteiger partial charge is 0.253 e. The summed E-state index contributed by atoms with van der Waals surface area (Å²) in [5, 5.41) is 5.74. The molecule has 0 unspecified atom stereocenters. The van der Waals surface area contributed by atoms with Crippen LogP contribution in [-0.2, 0) is 11.3 Å². The van der Waals surface area contributed by atoms with E-state index in [1.54, 1.807) is 36.6 Å². The third-order valence-electron chi connectivity index (χ3n) is 4.41. The van der Waals surface area contributed by atoms with Gasteiger partial charge in [-0.05, 0) is 37.1 Å². The highest BCUT2D eigenvalue weighted by Crippen LogP contribution is 2.25. The van der Waals surface area contributed by atoms with Gasteiger partial charge in [0.05, 0.1) is 24.1 Å². The van der Waals surface area contributed by atoms with Crippen LogP contribution in [0.25, 0.3) is 0 Å². The predicted octanol–water partition coefficient (Wildman–Crippen LogP) is 3.73. The zero-order chi connectivity index (χ0) is 16.8. The number of hydrogen-bond acceptors (Lipinski definition) is 3. The highest BCUT2D eigenvalue weighted by Gasteiger charge is 2.22. The molecule has 126 valence electrons. The van der Waals surface area contributed by atoms with Crippen molar-refractivity contribution in [1.82, 2.24) is 5.32 Å². The Kier molecular flexibility index (Phi) is 5.31. The van der Waals surface area contributed by atoms with E-state index in [0.29, 0.717) is 23.6 Å². The topological polar surface area (TPSA) is 71.3 Å². The van der Waals surface area contributed by atoms with E-state index in [4.69, 9.17) is 4.42 Å². The van der Waals surface area contributed by atoms with Crippen molar-refractivity contribution in [3.8, 4) is 0 Å². The van der Waals surface area contributed by atoms with Crippen molar-refractivity contribution in [2.75, 3.05) is 5.32 Å². The Hall–Kier alpha value is -2.56. The number of furan rings is 1. The van der Waals surface area contributed by atoms with Gasteiger partial charge in [-0.2, -0.15) is 0 Å². The van der Waals surface area contributed by atoms with E-state index in [1.165, 1.54) is 6.42 Å². The van der Waals surface area contributed by atoms with E-state index in [2.05, 4.69) is 10.6 Å². The Labute approximate surface area is 141 Å². The van der Waals surface area contributed by atoms with Crippen LogP contribution >= 0.6 is 0 Å². The van der Waals surface area contributed by atoms with Crippen molar-refractivity contribution in [1.29, 1.82) is 0 Å². The first-order valence-electron chi connectivity index (χ1n) is 8.44. The van der Waals surface area contributed by atoms with E-state index in [0.717, 1.165) is 25.7 Å². The molecule has 1 aromatic carbocycles. The quantitative estimate of drug-likeness (QED) is 0.879. The number of rotatable bonds is 5. The van der Waals surface area contributed by atoms with Crippen LogP contribution < -0.4 is 10.6 Å². The molecule has 1 aliphatic carbocycles. The van der Waals surface area contributed by atoms with Gasteiger partial charge in [-0.3, -0.25) is 9.59 Å². The summed E-state index contributed by atoms with van der Waals surface area (Å²) in [6.07, 6.45) is 6.83. The summed E-state index contributed by atoms with van der Waals surface area (Å²) in [6.45, 7) is 0.316. The molecule has 2 aromatic rings. The van der Waals surface area contributed by atoms with Crippen molar-refractivity contribution in [3.05, 3.63) is 54.0 Å². The predicted molar refractivity (Wildman–Crippen MR) is 91.5 cm³/mol. The maximum atomic E-state index is 12.4. The summed E-state index contributed by atoms with van der Waals surface area (Å²) in [5.74, 6) is 0.525. The first-order valence-corrected chi connectivity index (χ1v) is 8.44. The fourth-order valence-electron chi connectivity index (χ4n) is 3.07. The minimum atomic E-state index is -0.231. The fraction of sp³-hybridized carbons (Fsp3) is 0.368. The zero-order valence-corrected chi connectivity index (χ0v) is 13.6. The Morgan fingerprint density at radius 3 is 2.58 bits per heavy atom. The first kappa shape index (κ1) is 16.3. The Balaban J connectivity index is 1.65. The lowest BCUT2D eigenvalue weighted by Gasteiger charge is -2.21. The number of para-hydroxylation sites is 1. The van der Waals surface area contributed by atoms with Crippen LogP contribution in [0.4, 0.5) is 5.69 Å². The molecule has 24 heavy (non-hydrogen) atoms. The standard InChI is InChI=1S/C19H22N2O3/c22-18(14-7-2-1-3-8-14)21-17-11-5-4-10-16(17)19(23)20-13-15-9-6-12-24-15/h4-6,9-12,14H,1-3,7-8,13H2,(H,20,23)(H,21,22). The van der Waals surface area contributed by atoms with E-state index in [9.17, 15) is 9.59 Å². The van der Waals surface area contributed by atoms with Crippen LogP contribution in [0.5, 0.6) is 0 Å². The van der Waals surface area contributed by atoms with E-state index < -0.39 is 0 Å². The summed E-state index contributed by atoms with van der Waals surface area (Å²) < 4.78 is 5.21. The van der Waals surface area contributed by atoms with Gasteiger partial charge in [0.2, 0.25) is 5.91 Å². The van der Waals surface area contributed by atoms with Gasteiger partial charge in [-0.15, -0.1) is 0 Å². The Morgan fingerprint density at radius 2 is 1.83 bits per heavy atom. The van der Waals surface area contributed by atoms with Crippen LogP contribution in [0.3, 0.4) is 0 Å². The van der Waals surface area contributed by atoms with Crippen LogP contribution in [0.2, 0.25) is 0 Å². The number of benzene rings is 1. The van der Waals surface area contributed by atoms with Gasteiger partial charge in [-0.25, -0.2) is 0 Å². The molecule has 0 bridgehead atoms. The van der Waals surface area contributed by atoms with Gasteiger partial charge in [0, 0.05) is 5.92 Å². The number of carbonyl (C=O) groups is 2. The summed E-state index contributed by atoms with van der Waals surface area (Å²) >= 11 is 0. The lowest BCUT2D eigenvalue weighted by Crippen LogP contribution is -2.28. The van der Waals surface area contributed by atoms with E-state index in [-0.39, 0.29) is 17.7 Å². The molecule has 1 heterocycles. The molecule has 0 spiro atoms. The van der Waals surface area contributed by atoms with Crippen molar-refractivity contribution in [2.24, 2.45) is 5.92 Å². The highest BCUT2D eigenvalue weighted by atomic mass is 16.3. The number of carbonyl (C=O) groups excluding carboxylic acids is 2. The molecule has 3 rings (SSSR count). The molecular weight excluding hydrogens is 304 g/mol. The fourth-order valence-corrected chi connectivity index (χ4v) is 3.07. The molecule has 2 amide bonds. The number of amides is 2. The van der Waals surface area contributed by atoms with Crippen molar-refractivity contribution in [2.45, 2.75) is 38.6 Å². The average molecular weight is 326 g/mol. The monoisotopic (exact) mass is 326 g/mol. The summed E-state index contributed by atoms with van der Waals surface area (Å²) in [6, 6.07) is 10.7. The van der Waals surface area contributed by atoms with Gasteiger partial charge >= 0.3 is 0 Å². The molecule has 0 atom stereocenters. The minimum absolute atomic E-state index is 0.0148. The van der Waals surface area contributed by atoms with Crippen molar-refractivity contribution >= 4 is 17.5 Å². The SMILES string of the molecule is O=C(NCc1ccco1)c1ccccc1NC(=O)C1CCCCC1. The van der Waals surface area contributed by atoms with Crippen LogP contribution in [0.1, 0.15) is 48.2 Å². The average Bonchev–Trinajstić information content (AvgIpc) is 3.14. The molecule has 0 saturated heterocycles. The maximum absolute atomic E-state index is 12.4. The molecule has 5 heteroatoms. The van der Waals surface area contributed by atoms with Gasteiger partial charge < -0.3 is 15.1 Å². The maximum Gasteiger partial charge on any atom is 0.253 e. The molecular formula is C19H22N2O3. The molecule has 1 fully saturated rings. The third kappa shape index (κ3) is 4.04. The van der Waals surface area contributed by atoms with Crippen LogP contribution in [-0.4, -0.2) is 11.8 Å². The second-order valence-electron chi connectivity index (χ2n) is 6.13. The van der Waals surface area contributed by atoms with E-state index >= 15 is 0 Å². The van der Waals surface area contributed by atoms with Gasteiger partial charge in [0.25, 0.3) is 5.91 Å². The normalized spacial score (nSPS) is 15.0. The summed E-state index contributed by atoms with van der Waals surface area (Å²) in [4.78, 5) is 24.8. The first-order chi connectivity index (χ1) is 11.7. The molecule has 2 N–H and O–H groups in total. The molecule has 5 nitrogen and oxygen atoms in total. The molecule has 0 aliphatic heterocycles. The second kappa shape index (κ2) is 7.81. The van der Waals surface area contributed by atoms with E-state index in [1.807, 2.05) is 6.07 Å². The molecule has 1 aliphatic rings. The van der Waals surface area contributed by atoms with Gasteiger partial charge in [-0.1, -0.05) is 31.4 Å². The van der Waals surface area contributed by atoms with Crippen LogP contribution in [0, 0.1) is 5.92 Å². The van der Waals surface area contributed by atoms with Gasteiger partial charge in [0.15, 0.2) is 0 Å². The zero-order valence-electron chi connectivity index (χ0n) is 13.6. The van der Waals surface area contributed by atoms with Crippen molar-refractivity contribution < 1.29 is 14.0 Å². The second-order valence-corrected chi connectivity index (χ2v) is 6.13. The number of hydrogen-bond donors (Lipinski definition) is 2. The lowest BCUT2D eigenvalue weighted by atomic mass is 9.88. The van der Waals surface area contributed by atoms with Crippen molar-refractivity contribution in [3.63, 3.8) is 0 Å². The number of nitrogens with one attached hydrogen (secondary N) is 2. The third-order valence-corrected chi connectivity index (χ3v) is 4.41.